The molecule has 2 saturated heterocycles. The van der Waals surface area contributed by atoms with E-state index in [4.69, 9.17) is 0 Å². The van der Waals surface area contributed by atoms with Crippen LogP contribution in [0.2, 0.25) is 0 Å². The van der Waals surface area contributed by atoms with Crippen molar-refractivity contribution in [1.82, 2.24) is 30.9 Å². The van der Waals surface area contributed by atoms with E-state index in [1.807, 2.05) is 5.38 Å². The van der Waals surface area contributed by atoms with Crippen molar-refractivity contribution in [3.8, 4) is 10.8 Å². The number of aromatic nitrogens is 3. The minimum atomic E-state index is -0.0585. The molecule has 2 aromatic rings. The Kier molecular flexibility index (Phi) is 8.57. The molecule has 0 bridgehead atoms. The third-order valence-corrected chi connectivity index (χ3v) is 6.22. The Balaban J connectivity index is 0.00000140. The molecule has 4 rings (SSSR count). The van der Waals surface area contributed by atoms with Crippen molar-refractivity contribution in [3.05, 3.63) is 29.5 Å². The summed E-state index contributed by atoms with van der Waals surface area (Å²) in [7, 11) is 0. The molecule has 2 aliphatic rings. The van der Waals surface area contributed by atoms with Crippen molar-refractivity contribution in [2.75, 3.05) is 26.2 Å². The summed E-state index contributed by atoms with van der Waals surface area (Å²) in [6, 6.07) is 1.73. The van der Waals surface area contributed by atoms with E-state index in [0.29, 0.717) is 17.8 Å². The molecule has 154 valence electrons. The number of nitrogens with one attached hydrogen (secondary N) is 3. The topological polar surface area (TPSA) is 91.8 Å². The van der Waals surface area contributed by atoms with Gasteiger partial charge in [0.1, 0.15) is 0 Å². The van der Waals surface area contributed by atoms with E-state index in [2.05, 4.69) is 30.9 Å². The van der Waals surface area contributed by atoms with Gasteiger partial charge in [0, 0.05) is 37.3 Å². The zero-order chi connectivity index (χ0) is 17.8. The van der Waals surface area contributed by atoms with Gasteiger partial charge >= 0.3 is 0 Å². The minimum Gasteiger partial charge on any atom is -0.354 e. The molecule has 0 saturated carbocycles. The highest BCUT2D eigenvalue weighted by Gasteiger charge is 2.41. The highest BCUT2D eigenvalue weighted by atomic mass is 35.5. The highest BCUT2D eigenvalue weighted by Crippen LogP contribution is 2.37. The van der Waals surface area contributed by atoms with Crippen molar-refractivity contribution in [2.24, 2.45) is 5.41 Å². The molecule has 1 amide bonds. The third-order valence-electron chi connectivity index (χ3n) is 5.33. The second-order valence-electron chi connectivity index (χ2n) is 7.15. The van der Waals surface area contributed by atoms with Crippen LogP contribution in [0, 0.1) is 5.41 Å². The Hall–Kier alpha value is -1.32. The van der Waals surface area contributed by atoms with Crippen LogP contribution in [0.3, 0.4) is 0 Å². The SMILES string of the molecule is Cl.Cl.O=C(NCCc1csc(-c2ncccn2)n1)C1CC2(CCNCC2)CN1. The smallest absolute Gasteiger partial charge is 0.237 e. The molecule has 3 N–H and O–H groups in total. The van der Waals surface area contributed by atoms with Crippen LogP contribution in [-0.4, -0.2) is 53.1 Å². The van der Waals surface area contributed by atoms with Crippen molar-refractivity contribution < 1.29 is 4.79 Å². The number of amides is 1. The van der Waals surface area contributed by atoms with Gasteiger partial charge in [-0.15, -0.1) is 36.2 Å². The van der Waals surface area contributed by atoms with Gasteiger partial charge in [0.05, 0.1) is 11.7 Å². The van der Waals surface area contributed by atoms with Crippen LogP contribution in [0.4, 0.5) is 0 Å². The van der Waals surface area contributed by atoms with E-state index in [9.17, 15) is 4.79 Å². The summed E-state index contributed by atoms with van der Waals surface area (Å²) < 4.78 is 0. The van der Waals surface area contributed by atoms with Crippen LogP contribution in [-0.2, 0) is 11.2 Å². The number of hydrogen-bond acceptors (Lipinski definition) is 7. The Morgan fingerprint density at radius 2 is 2.00 bits per heavy atom. The second-order valence-corrected chi connectivity index (χ2v) is 8.00. The van der Waals surface area contributed by atoms with Crippen LogP contribution in [0.25, 0.3) is 10.8 Å². The summed E-state index contributed by atoms with van der Waals surface area (Å²) in [6.45, 7) is 3.68. The Labute approximate surface area is 181 Å². The molecule has 10 heteroatoms. The number of thiazole rings is 1. The number of carbonyl (C=O) groups is 1. The number of rotatable bonds is 5. The Morgan fingerprint density at radius 3 is 2.75 bits per heavy atom. The predicted molar refractivity (Wildman–Crippen MR) is 115 cm³/mol. The van der Waals surface area contributed by atoms with Gasteiger partial charge < -0.3 is 16.0 Å². The lowest BCUT2D eigenvalue weighted by atomic mass is 9.77. The second kappa shape index (κ2) is 10.5. The van der Waals surface area contributed by atoms with E-state index in [1.165, 1.54) is 11.3 Å². The Bertz CT molecular complexity index is 754. The van der Waals surface area contributed by atoms with Gasteiger partial charge in [-0.1, -0.05) is 0 Å². The van der Waals surface area contributed by atoms with E-state index in [1.54, 1.807) is 18.5 Å². The summed E-state index contributed by atoms with van der Waals surface area (Å²) in [4.78, 5) is 25.5. The molecule has 1 unspecified atom stereocenters. The first-order chi connectivity index (χ1) is 12.7. The molecule has 1 atom stereocenters. The van der Waals surface area contributed by atoms with Crippen LogP contribution in [0.15, 0.2) is 23.8 Å². The molecule has 28 heavy (non-hydrogen) atoms. The Morgan fingerprint density at radius 1 is 1.25 bits per heavy atom. The fourth-order valence-corrected chi connectivity index (χ4v) is 4.61. The molecule has 7 nitrogen and oxygen atoms in total. The molecule has 4 heterocycles. The van der Waals surface area contributed by atoms with Gasteiger partial charge in [0.25, 0.3) is 0 Å². The lowest BCUT2D eigenvalue weighted by Crippen LogP contribution is -2.41. The standard InChI is InChI=1S/C18H24N6OS.2ClH/c25-16(14-10-18(12-23-14)3-8-19-9-4-18)22-7-2-13-11-26-17(24-13)15-20-5-1-6-21-15;;/h1,5-6,11,14,19,23H,2-4,7-10,12H2,(H,22,25);2*1H. The van der Waals surface area contributed by atoms with Crippen molar-refractivity contribution in [1.29, 1.82) is 0 Å². The van der Waals surface area contributed by atoms with Crippen molar-refractivity contribution in [3.63, 3.8) is 0 Å². The first kappa shape index (κ1) is 23.0. The summed E-state index contributed by atoms with van der Waals surface area (Å²) in [6.07, 6.45) is 7.42. The van der Waals surface area contributed by atoms with E-state index >= 15 is 0 Å². The molecule has 2 aliphatic heterocycles. The van der Waals surface area contributed by atoms with Gasteiger partial charge in [0.15, 0.2) is 10.8 Å². The lowest BCUT2D eigenvalue weighted by molar-refractivity contribution is -0.122. The fourth-order valence-electron chi connectivity index (χ4n) is 3.81. The van der Waals surface area contributed by atoms with Gasteiger partial charge in [-0.05, 0) is 43.8 Å². The van der Waals surface area contributed by atoms with Gasteiger partial charge in [-0.2, -0.15) is 0 Å². The van der Waals surface area contributed by atoms with Crippen molar-refractivity contribution in [2.45, 2.75) is 31.7 Å². The first-order valence-electron chi connectivity index (χ1n) is 9.18. The van der Waals surface area contributed by atoms with E-state index in [0.717, 1.165) is 56.0 Å². The quantitative estimate of drug-likeness (QED) is 0.651. The maximum absolute atomic E-state index is 12.5. The third kappa shape index (κ3) is 5.39. The molecular weight excluding hydrogens is 419 g/mol. The minimum absolute atomic E-state index is 0. The molecule has 0 radical (unpaired) electrons. The van der Waals surface area contributed by atoms with Crippen molar-refractivity contribution >= 4 is 42.1 Å². The zero-order valence-corrected chi connectivity index (χ0v) is 18.0. The zero-order valence-electron chi connectivity index (χ0n) is 15.5. The lowest BCUT2D eigenvalue weighted by Gasteiger charge is -2.33. The van der Waals surface area contributed by atoms with Crippen LogP contribution in [0.5, 0.6) is 0 Å². The monoisotopic (exact) mass is 444 g/mol. The normalized spacial score (nSPS) is 20.2. The molecule has 2 fully saturated rings. The van der Waals surface area contributed by atoms with Crippen LogP contribution >= 0.6 is 36.2 Å². The molecule has 2 aromatic heterocycles. The summed E-state index contributed by atoms with van der Waals surface area (Å²) in [5.74, 6) is 0.762. The molecular formula is C18H26Cl2N6OS. The van der Waals surface area contributed by atoms with E-state index < -0.39 is 0 Å². The average molecular weight is 445 g/mol. The number of nitrogens with zero attached hydrogens (tertiary/aromatic N) is 3. The highest BCUT2D eigenvalue weighted by molar-refractivity contribution is 7.13. The van der Waals surface area contributed by atoms with E-state index in [-0.39, 0.29) is 36.8 Å². The predicted octanol–water partition coefficient (Wildman–Crippen LogP) is 1.83. The largest absolute Gasteiger partial charge is 0.354 e. The van der Waals surface area contributed by atoms with Crippen LogP contribution < -0.4 is 16.0 Å². The number of hydrogen-bond donors (Lipinski definition) is 3. The fraction of sp³-hybridized carbons (Fsp3) is 0.556. The molecule has 0 aliphatic carbocycles. The molecule has 1 spiro atoms. The first-order valence-corrected chi connectivity index (χ1v) is 10.1. The van der Waals surface area contributed by atoms with Crippen LogP contribution in [0.1, 0.15) is 25.0 Å². The number of piperidine rings is 1. The summed E-state index contributed by atoms with van der Waals surface area (Å²) in [5.41, 5.74) is 1.28. The van der Waals surface area contributed by atoms with Gasteiger partial charge in [-0.25, -0.2) is 15.0 Å². The number of halogens is 2. The molecule has 0 aromatic carbocycles. The summed E-state index contributed by atoms with van der Waals surface area (Å²) in [5, 5.41) is 12.7. The van der Waals surface area contributed by atoms with Gasteiger partial charge in [0.2, 0.25) is 5.91 Å². The summed E-state index contributed by atoms with van der Waals surface area (Å²) >= 11 is 1.53. The number of carbonyl (C=O) groups excluding carboxylic acids is 1. The maximum Gasteiger partial charge on any atom is 0.237 e. The maximum atomic E-state index is 12.5. The van der Waals surface area contributed by atoms with Gasteiger partial charge in [-0.3, -0.25) is 4.79 Å². The average Bonchev–Trinajstić information content (AvgIpc) is 3.31.